The van der Waals surface area contributed by atoms with Crippen LogP contribution >= 0.6 is 0 Å². The van der Waals surface area contributed by atoms with Crippen LogP contribution in [-0.4, -0.2) is 37.5 Å². The molecule has 2 unspecified atom stereocenters. The second kappa shape index (κ2) is 6.34. The number of methoxy groups -OCH3 is 1. The number of benzene rings is 1. The number of nitrogens with one attached hydrogen (secondary N) is 1. The Labute approximate surface area is 126 Å². The smallest absolute Gasteiger partial charge is 0.119 e. The maximum Gasteiger partial charge on any atom is 0.119 e. The number of fused-ring (bicyclic) bond motifs is 2. The van der Waals surface area contributed by atoms with Gasteiger partial charge < -0.3 is 19.9 Å². The van der Waals surface area contributed by atoms with E-state index in [1.807, 2.05) is 24.3 Å². The highest BCUT2D eigenvalue weighted by Crippen LogP contribution is 2.39. The molecule has 116 valence electrons. The van der Waals surface area contributed by atoms with Crippen molar-refractivity contribution in [1.82, 2.24) is 5.32 Å². The van der Waals surface area contributed by atoms with Crippen LogP contribution in [0.3, 0.4) is 0 Å². The largest absolute Gasteiger partial charge is 0.491 e. The highest BCUT2D eigenvalue weighted by Gasteiger charge is 2.41. The number of hydrogen-bond acceptors (Lipinski definition) is 4. The third-order valence-corrected chi connectivity index (χ3v) is 4.69. The van der Waals surface area contributed by atoms with Gasteiger partial charge in [0.25, 0.3) is 0 Å². The van der Waals surface area contributed by atoms with Crippen molar-refractivity contribution in [2.24, 2.45) is 0 Å². The molecule has 2 heterocycles. The molecule has 2 aliphatic heterocycles. The van der Waals surface area contributed by atoms with Gasteiger partial charge in [-0.2, -0.15) is 0 Å². The molecule has 2 saturated heterocycles. The van der Waals surface area contributed by atoms with Crippen LogP contribution in [0, 0.1) is 0 Å². The topological polar surface area (TPSA) is 50.7 Å². The molecular formula is C17H25NO3. The van der Waals surface area contributed by atoms with Crippen LogP contribution in [0.2, 0.25) is 0 Å². The van der Waals surface area contributed by atoms with Crippen molar-refractivity contribution in [3.63, 3.8) is 0 Å². The summed E-state index contributed by atoms with van der Waals surface area (Å²) >= 11 is 0. The Kier molecular flexibility index (Phi) is 4.48. The van der Waals surface area contributed by atoms with E-state index in [0.717, 1.165) is 24.2 Å². The Balaban J connectivity index is 1.68. The van der Waals surface area contributed by atoms with Gasteiger partial charge >= 0.3 is 0 Å². The van der Waals surface area contributed by atoms with Crippen LogP contribution in [0.4, 0.5) is 0 Å². The number of aliphatic hydroxyl groups is 1. The van der Waals surface area contributed by atoms with Crippen LogP contribution in [0.5, 0.6) is 5.75 Å². The molecule has 2 N–H and O–H groups in total. The molecule has 0 radical (unpaired) electrons. The van der Waals surface area contributed by atoms with Crippen molar-refractivity contribution in [2.45, 2.75) is 49.8 Å². The minimum absolute atomic E-state index is 0.458. The van der Waals surface area contributed by atoms with E-state index in [1.54, 1.807) is 7.11 Å². The quantitative estimate of drug-likeness (QED) is 0.817. The first-order valence-corrected chi connectivity index (χ1v) is 7.90. The van der Waals surface area contributed by atoms with Crippen LogP contribution in [-0.2, 0) is 10.3 Å². The first kappa shape index (κ1) is 14.8. The van der Waals surface area contributed by atoms with Crippen molar-refractivity contribution in [2.75, 3.05) is 20.3 Å². The van der Waals surface area contributed by atoms with Gasteiger partial charge in [-0.25, -0.2) is 0 Å². The molecule has 0 spiro atoms. The highest BCUT2D eigenvalue weighted by atomic mass is 16.5. The Morgan fingerprint density at radius 1 is 1.14 bits per heavy atom. The van der Waals surface area contributed by atoms with Crippen molar-refractivity contribution < 1.29 is 14.6 Å². The highest BCUT2D eigenvalue weighted by molar-refractivity contribution is 5.32. The molecule has 4 heteroatoms. The van der Waals surface area contributed by atoms with Gasteiger partial charge in [0.15, 0.2) is 0 Å². The predicted molar refractivity (Wildman–Crippen MR) is 81.5 cm³/mol. The average molecular weight is 291 g/mol. The number of piperidine rings is 2. The Bertz CT molecular complexity index is 448. The summed E-state index contributed by atoms with van der Waals surface area (Å²) in [5.41, 5.74) is 0.325. The van der Waals surface area contributed by atoms with Crippen LogP contribution < -0.4 is 10.1 Å². The first-order valence-electron chi connectivity index (χ1n) is 7.90. The molecule has 0 amide bonds. The summed E-state index contributed by atoms with van der Waals surface area (Å²) in [7, 11) is 1.66. The van der Waals surface area contributed by atoms with Gasteiger partial charge in [-0.1, -0.05) is 18.6 Å². The summed E-state index contributed by atoms with van der Waals surface area (Å²) in [6.45, 7) is 1.13. The van der Waals surface area contributed by atoms with E-state index in [-0.39, 0.29) is 0 Å². The fourth-order valence-electron chi connectivity index (χ4n) is 3.67. The van der Waals surface area contributed by atoms with Gasteiger partial charge in [-0.3, -0.25) is 0 Å². The summed E-state index contributed by atoms with van der Waals surface area (Å²) in [4.78, 5) is 0. The van der Waals surface area contributed by atoms with Crippen molar-refractivity contribution >= 4 is 0 Å². The second-order valence-electron chi connectivity index (χ2n) is 6.30. The van der Waals surface area contributed by atoms with Gasteiger partial charge in [0.05, 0.1) is 12.2 Å². The lowest BCUT2D eigenvalue weighted by atomic mass is 9.74. The molecule has 2 aliphatic rings. The summed E-state index contributed by atoms with van der Waals surface area (Å²) in [5.74, 6) is 0.827. The number of ether oxygens (including phenoxy) is 2. The zero-order valence-corrected chi connectivity index (χ0v) is 12.7. The molecule has 1 aromatic carbocycles. The molecule has 4 nitrogen and oxygen atoms in total. The summed E-state index contributed by atoms with van der Waals surface area (Å²) in [5, 5.41) is 14.7. The fourth-order valence-corrected chi connectivity index (χ4v) is 3.67. The van der Waals surface area contributed by atoms with E-state index in [0.29, 0.717) is 25.3 Å². The summed E-state index contributed by atoms with van der Waals surface area (Å²) in [6.07, 6.45) is 5.26. The minimum atomic E-state index is -0.688. The first-order chi connectivity index (χ1) is 10.2. The average Bonchev–Trinajstić information content (AvgIpc) is 2.47. The normalized spacial score (nSPS) is 31.9. The van der Waals surface area contributed by atoms with E-state index in [4.69, 9.17) is 9.47 Å². The zero-order valence-electron chi connectivity index (χ0n) is 12.7. The van der Waals surface area contributed by atoms with Gasteiger partial charge in [0.1, 0.15) is 12.4 Å². The molecular weight excluding hydrogens is 266 g/mol. The molecule has 2 fully saturated rings. The fraction of sp³-hybridized carbons (Fsp3) is 0.647. The third-order valence-electron chi connectivity index (χ3n) is 4.69. The zero-order chi connectivity index (χ0) is 14.7. The second-order valence-corrected chi connectivity index (χ2v) is 6.30. The monoisotopic (exact) mass is 291 g/mol. The van der Waals surface area contributed by atoms with Gasteiger partial charge in [0, 0.05) is 19.2 Å². The van der Waals surface area contributed by atoms with Crippen LogP contribution in [0.15, 0.2) is 24.3 Å². The molecule has 21 heavy (non-hydrogen) atoms. The molecule has 3 rings (SSSR count). The van der Waals surface area contributed by atoms with E-state index in [9.17, 15) is 5.11 Å². The maximum atomic E-state index is 11.1. The molecule has 2 atom stereocenters. The predicted octanol–water partition coefficient (Wildman–Crippen LogP) is 2.20. The lowest BCUT2D eigenvalue weighted by molar-refractivity contribution is -0.0359. The molecule has 1 aromatic rings. The van der Waals surface area contributed by atoms with Crippen LogP contribution in [0.1, 0.15) is 37.7 Å². The van der Waals surface area contributed by atoms with E-state index in [1.165, 1.54) is 19.3 Å². The van der Waals surface area contributed by atoms with Gasteiger partial charge in [0.2, 0.25) is 0 Å². The van der Waals surface area contributed by atoms with Crippen molar-refractivity contribution in [3.05, 3.63) is 29.8 Å². The van der Waals surface area contributed by atoms with Crippen molar-refractivity contribution in [1.29, 1.82) is 0 Å². The van der Waals surface area contributed by atoms with E-state index in [2.05, 4.69) is 5.32 Å². The minimum Gasteiger partial charge on any atom is -0.491 e. The van der Waals surface area contributed by atoms with E-state index >= 15 is 0 Å². The van der Waals surface area contributed by atoms with E-state index < -0.39 is 5.60 Å². The molecule has 0 aliphatic carbocycles. The lowest BCUT2D eigenvalue weighted by Crippen LogP contribution is -2.54. The Hall–Kier alpha value is -1.10. The standard InChI is InChI=1S/C17H25NO3/c1-20-9-10-21-16-7-5-13(6-8-16)17(19)11-14-3-2-4-15(12-17)18-14/h5-8,14-15,18-19H,2-4,9-12H2,1H3. The number of hydrogen-bond donors (Lipinski definition) is 2. The number of rotatable bonds is 5. The SMILES string of the molecule is COCCOc1ccc(C2(O)CC3CCCC(C2)N3)cc1. The van der Waals surface area contributed by atoms with Crippen molar-refractivity contribution in [3.8, 4) is 5.75 Å². The summed E-state index contributed by atoms with van der Waals surface area (Å²) < 4.78 is 10.5. The van der Waals surface area contributed by atoms with Gasteiger partial charge in [-0.05, 0) is 43.4 Å². The third kappa shape index (κ3) is 3.39. The molecule has 2 bridgehead atoms. The Morgan fingerprint density at radius 2 is 1.81 bits per heavy atom. The van der Waals surface area contributed by atoms with Crippen LogP contribution in [0.25, 0.3) is 0 Å². The maximum absolute atomic E-state index is 11.1. The lowest BCUT2D eigenvalue weighted by Gasteiger charge is -2.45. The molecule has 0 saturated carbocycles. The van der Waals surface area contributed by atoms with Gasteiger partial charge in [-0.15, -0.1) is 0 Å². The summed E-state index contributed by atoms with van der Waals surface area (Å²) in [6, 6.07) is 8.81. The molecule has 0 aromatic heterocycles. The Morgan fingerprint density at radius 3 is 2.43 bits per heavy atom.